The molecule has 1 aliphatic rings. The average molecular weight is 355 g/mol. The Morgan fingerprint density at radius 3 is 2.92 bits per heavy atom. The Morgan fingerprint density at radius 1 is 1.20 bits per heavy atom. The molecule has 4 rings (SSSR count). The molecule has 0 bridgehead atoms. The van der Waals surface area contributed by atoms with Crippen molar-refractivity contribution in [1.29, 1.82) is 0 Å². The van der Waals surface area contributed by atoms with Gasteiger partial charge in [0.1, 0.15) is 0 Å². The second-order valence-electron chi connectivity index (χ2n) is 6.20. The predicted molar refractivity (Wildman–Crippen MR) is 101 cm³/mol. The second kappa shape index (κ2) is 6.52. The Balaban J connectivity index is 1.73. The van der Waals surface area contributed by atoms with Gasteiger partial charge in [-0.05, 0) is 29.8 Å². The zero-order valence-corrected chi connectivity index (χ0v) is 14.4. The second-order valence-corrected chi connectivity index (χ2v) is 6.61. The SMILES string of the molecule is NCCNCc1ccc2[nH]c(-c3ccc(Cl)c4c3C(=O)NC4)cc2c1. The lowest BCUT2D eigenvalue weighted by atomic mass is 10.0. The first kappa shape index (κ1) is 16.1. The number of benzene rings is 2. The third-order valence-electron chi connectivity index (χ3n) is 4.53. The number of hydrogen-bond acceptors (Lipinski definition) is 3. The van der Waals surface area contributed by atoms with E-state index in [2.05, 4.69) is 39.9 Å². The Hall–Kier alpha value is -2.34. The Bertz CT molecular complexity index is 963. The molecule has 0 saturated carbocycles. The molecule has 0 aliphatic carbocycles. The van der Waals surface area contributed by atoms with Crippen LogP contribution < -0.4 is 16.4 Å². The summed E-state index contributed by atoms with van der Waals surface area (Å²) in [5.41, 5.74) is 11.1. The Kier molecular flexibility index (Phi) is 4.21. The first-order chi connectivity index (χ1) is 12.2. The van der Waals surface area contributed by atoms with Crippen LogP contribution >= 0.6 is 11.6 Å². The summed E-state index contributed by atoms with van der Waals surface area (Å²) in [6.45, 7) is 2.69. The molecule has 2 heterocycles. The van der Waals surface area contributed by atoms with E-state index in [1.54, 1.807) is 0 Å². The number of rotatable bonds is 5. The number of nitrogens with two attached hydrogens (primary N) is 1. The fraction of sp³-hybridized carbons (Fsp3) is 0.211. The highest BCUT2D eigenvalue weighted by Crippen LogP contribution is 2.34. The number of aromatic amines is 1. The number of halogens is 1. The highest BCUT2D eigenvalue weighted by molar-refractivity contribution is 6.32. The molecule has 3 aromatic rings. The Morgan fingerprint density at radius 2 is 2.08 bits per heavy atom. The lowest BCUT2D eigenvalue weighted by molar-refractivity contribution is 0.0966. The summed E-state index contributed by atoms with van der Waals surface area (Å²) in [6.07, 6.45) is 0. The molecule has 0 saturated heterocycles. The summed E-state index contributed by atoms with van der Waals surface area (Å²) in [4.78, 5) is 15.6. The Labute approximate surface area is 150 Å². The average Bonchev–Trinajstić information content (AvgIpc) is 3.20. The maximum atomic E-state index is 12.2. The fourth-order valence-electron chi connectivity index (χ4n) is 3.31. The normalized spacial score (nSPS) is 13.3. The number of carbonyl (C=O) groups excluding carboxylic acids is 1. The standard InChI is InChI=1S/C19H19ClN4O/c20-15-3-2-13(18-14(15)10-23-19(18)25)17-8-12-7-11(9-22-6-5-21)1-4-16(12)24-17/h1-4,7-8,22,24H,5-6,9-10,21H2,(H,23,25). The molecule has 0 radical (unpaired) electrons. The van der Waals surface area contributed by atoms with Gasteiger partial charge in [-0.1, -0.05) is 23.7 Å². The van der Waals surface area contributed by atoms with Crippen LogP contribution in [0, 0.1) is 0 Å². The number of hydrogen-bond donors (Lipinski definition) is 4. The summed E-state index contributed by atoms with van der Waals surface area (Å²) >= 11 is 6.24. The number of carbonyl (C=O) groups is 1. The van der Waals surface area contributed by atoms with Crippen molar-refractivity contribution in [3.63, 3.8) is 0 Å². The number of amides is 1. The van der Waals surface area contributed by atoms with E-state index in [0.717, 1.165) is 40.8 Å². The highest BCUT2D eigenvalue weighted by atomic mass is 35.5. The molecular formula is C19H19ClN4O. The minimum atomic E-state index is -0.0715. The van der Waals surface area contributed by atoms with Crippen molar-refractivity contribution in [1.82, 2.24) is 15.6 Å². The molecule has 5 N–H and O–H groups in total. The molecule has 0 spiro atoms. The van der Waals surface area contributed by atoms with Crippen molar-refractivity contribution >= 4 is 28.4 Å². The topological polar surface area (TPSA) is 82.9 Å². The van der Waals surface area contributed by atoms with E-state index in [0.29, 0.717) is 23.7 Å². The van der Waals surface area contributed by atoms with Crippen LogP contribution in [0.1, 0.15) is 21.5 Å². The van der Waals surface area contributed by atoms with E-state index in [1.807, 2.05) is 12.1 Å². The van der Waals surface area contributed by atoms with Gasteiger partial charge in [-0.2, -0.15) is 0 Å². The lowest BCUT2D eigenvalue weighted by Crippen LogP contribution is -2.21. The van der Waals surface area contributed by atoms with Crippen molar-refractivity contribution < 1.29 is 4.79 Å². The predicted octanol–water partition coefficient (Wildman–Crippen LogP) is 2.78. The van der Waals surface area contributed by atoms with Crippen LogP contribution in [0.5, 0.6) is 0 Å². The molecule has 6 heteroatoms. The molecule has 128 valence electrons. The maximum Gasteiger partial charge on any atom is 0.252 e. The minimum absolute atomic E-state index is 0.0715. The van der Waals surface area contributed by atoms with Crippen LogP contribution in [-0.4, -0.2) is 24.0 Å². The number of fused-ring (bicyclic) bond motifs is 2. The van der Waals surface area contributed by atoms with Crippen LogP contribution in [-0.2, 0) is 13.1 Å². The van der Waals surface area contributed by atoms with Crippen LogP contribution in [0.3, 0.4) is 0 Å². The molecule has 0 atom stereocenters. The van der Waals surface area contributed by atoms with Crippen molar-refractivity contribution in [2.75, 3.05) is 13.1 Å². The molecule has 1 aromatic heterocycles. The van der Waals surface area contributed by atoms with E-state index in [1.165, 1.54) is 5.56 Å². The van der Waals surface area contributed by atoms with Gasteiger partial charge in [-0.25, -0.2) is 0 Å². The van der Waals surface area contributed by atoms with Gasteiger partial charge in [0, 0.05) is 58.9 Å². The number of nitrogens with one attached hydrogen (secondary N) is 3. The van der Waals surface area contributed by atoms with Gasteiger partial charge in [0.15, 0.2) is 0 Å². The first-order valence-corrected chi connectivity index (χ1v) is 8.67. The van der Waals surface area contributed by atoms with E-state index in [-0.39, 0.29) is 5.91 Å². The van der Waals surface area contributed by atoms with Crippen LogP contribution in [0.15, 0.2) is 36.4 Å². The fourth-order valence-corrected chi connectivity index (χ4v) is 3.53. The zero-order valence-electron chi connectivity index (χ0n) is 13.7. The highest BCUT2D eigenvalue weighted by Gasteiger charge is 2.26. The summed E-state index contributed by atoms with van der Waals surface area (Å²) in [6, 6.07) is 12.1. The van der Waals surface area contributed by atoms with Gasteiger partial charge in [-0.3, -0.25) is 4.79 Å². The van der Waals surface area contributed by atoms with Crippen molar-refractivity contribution in [3.8, 4) is 11.3 Å². The molecule has 1 amide bonds. The molecule has 1 aliphatic heterocycles. The van der Waals surface area contributed by atoms with Crippen molar-refractivity contribution in [2.45, 2.75) is 13.1 Å². The molecule has 0 unspecified atom stereocenters. The van der Waals surface area contributed by atoms with Crippen LogP contribution in [0.4, 0.5) is 0 Å². The largest absolute Gasteiger partial charge is 0.355 e. The van der Waals surface area contributed by atoms with E-state index in [9.17, 15) is 4.79 Å². The van der Waals surface area contributed by atoms with Gasteiger partial charge in [0.25, 0.3) is 5.91 Å². The lowest BCUT2D eigenvalue weighted by Gasteiger charge is -2.06. The minimum Gasteiger partial charge on any atom is -0.355 e. The van der Waals surface area contributed by atoms with Gasteiger partial charge in [0.2, 0.25) is 0 Å². The zero-order chi connectivity index (χ0) is 17.4. The smallest absolute Gasteiger partial charge is 0.252 e. The summed E-state index contributed by atoms with van der Waals surface area (Å²) in [7, 11) is 0. The number of aromatic nitrogens is 1. The maximum absolute atomic E-state index is 12.2. The molecule has 2 aromatic carbocycles. The van der Waals surface area contributed by atoms with E-state index < -0.39 is 0 Å². The van der Waals surface area contributed by atoms with Gasteiger partial charge in [0.05, 0.1) is 5.56 Å². The molecular weight excluding hydrogens is 336 g/mol. The molecule has 5 nitrogen and oxygen atoms in total. The van der Waals surface area contributed by atoms with E-state index in [4.69, 9.17) is 17.3 Å². The first-order valence-electron chi connectivity index (χ1n) is 8.30. The monoisotopic (exact) mass is 354 g/mol. The molecule has 25 heavy (non-hydrogen) atoms. The van der Waals surface area contributed by atoms with Crippen molar-refractivity contribution in [3.05, 3.63) is 58.1 Å². The third kappa shape index (κ3) is 2.91. The summed E-state index contributed by atoms with van der Waals surface area (Å²) in [5.74, 6) is -0.0715. The van der Waals surface area contributed by atoms with E-state index >= 15 is 0 Å². The molecule has 0 fully saturated rings. The quantitative estimate of drug-likeness (QED) is 0.532. The van der Waals surface area contributed by atoms with Crippen LogP contribution in [0.2, 0.25) is 5.02 Å². The number of H-pyrrole nitrogens is 1. The van der Waals surface area contributed by atoms with Gasteiger partial charge >= 0.3 is 0 Å². The summed E-state index contributed by atoms with van der Waals surface area (Å²) < 4.78 is 0. The van der Waals surface area contributed by atoms with Gasteiger partial charge < -0.3 is 21.4 Å². The third-order valence-corrected chi connectivity index (χ3v) is 4.89. The van der Waals surface area contributed by atoms with Gasteiger partial charge in [-0.15, -0.1) is 0 Å². The van der Waals surface area contributed by atoms with Crippen molar-refractivity contribution in [2.24, 2.45) is 5.73 Å². The summed E-state index contributed by atoms with van der Waals surface area (Å²) in [5, 5.41) is 7.89. The van der Waals surface area contributed by atoms with Crippen LogP contribution in [0.25, 0.3) is 22.2 Å².